The van der Waals surface area contributed by atoms with E-state index in [0.717, 1.165) is 32.0 Å². The Hall–Kier alpha value is -2.94. The molecule has 2 aromatic carbocycles. The number of thiazole rings is 1. The summed E-state index contributed by atoms with van der Waals surface area (Å²) >= 11 is 3.08. The van der Waals surface area contributed by atoms with E-state index in [9.17, 15) is 13.6 Å². The average Bonchev–Trinajstić information content (AvgIpc) is 3.33. The first-order valence-electron chi connectivity index (χ1n) is 10.8. The maximum Gasteiger partial charge on any atom is 0.271 e. The van der Waals surface area contributed by atoms with Crippen LogP contribution in [0.4, 0.5) is 14.5 Å². The summed E-state index contributed by atoms with van der Waals surface area (Å²) in [5, 5.41) is 0.931. The molecule has 5 rings (SSSR count). The number of thioether (sulfide) groups is 1. The molecule has 0 atom stereocenters. The lowest BCUT2D eigenvalue weighted by Crippen LogP contribution is -3.00. The molecule has 1 aliphatic rings. The molecule has 3 heterocycles. The zero-order valence-corrected chi connectivity index (χ0v) is 21.4. The Balaban J connectivity index is 0.00000289. The maximum absolute atomic E-state index is 13.7. The number of halogens is 3. The van der Waals surface area contributed by atoms with Crippen molar-refractivity contribution in [3.63, 3.8) is 0 Å². The van der Waals surface area contributed by atoms with Gasteiger partial charge in [-0.1, -0.05) is 23.9 Å². The number of fused-ring (bicyclic) bond motifs is 1. The number of anilines is 1. The fourth-order valence-corrected chi connectivity index (χ4v) is 6.46. The van der Waals surface area contributed by atoms with E-state index < -0.39 is 11.6 Å². The fourth-order valence-electron chi connectivity index (χ4n) is 3.99. The normalized spacial score (nSPS) is 14.7. The number of hydrogen-bond donors (Lipinski definition) is 0. The predicted octanol–water partition coefficient (Wildman–Crippen LogP) is 0.684. The van der Waals surface area contributed by atoms with Crippen molar-refractivity contribution in [3.8, 4) is 0 Å². The molecule has 4 aromatic rings. The topological polar surface area (TPSA) is 29.1 Å². The highest BCUT2D eigenvalue weighted by molar-refractivity contribution is 8.08. The van der Waals surface area contributed by atoms with Crippen LogP contribution in [0.5, 0.6) is 0 Å². The van der Waals surface area contributed by atoms with Crippen LogP contribution in [0.3, 0.4) is 0 Å². The SMILES string of the molecule is CCn1c(=O)/c(=C2\Sc3ccccc3N2C)s/c1=C\c1cccc[n+]1Cc1ccc(F)c(F)c1.[Cl-]. The van der Waals surface area contributed by atoms with Crippen LogP contribution < -0.4 is 36.6 Å². The van der Waals surface area contributed by atoms with Crippen LogP contribution >= 0.6 is 23.1 Å². The first-order valence-corrected chi connectivity index (χ1v) is 12.5. The van der Waals surface area contributed by atoms with Crippen molar-refractivity contribution in [2.45, 2.75) is 24.9 Å². The molecule has 1 aliphatic heterocycles. The number of aromatic nitrogens is 2. The Kier molecular flexibility index (Phi) is 7.44. The first kappa shape index (κ1) is 25.2. The molecule has 0 saturated carbocycles. The van der Waals surface area contributed by atoms with E-state index >= 15 is 0 Å². The van der Waals surface area contributed by atoms with Gasteiger partial charge in [-0.05, 0) is 43.3 Å². The molecule has 9 heteroatoms. The highest BCUT2D eigenvalue weighted by Gasteiger charge is 2.24. The second-order valence-corrected chi connectivity index (χ2v) is 9.96. The minimum atomic E-state index is -0.863. The second-order valence-electron chi connectivity index (χ2n) is 7.90. The van der Waals surface area contributed by atoms with Crippen LogP contribution in [0.1, 0.15) is 18.2 Å². The molecule has 0 saturated heterocycles. The van der Waals surface area contributed by atoms with Gasteiger partial charge >= 0.3 is 0 Å². The molecular formula is C26H22ClF2N3OS2. The molecule has 0 amide bonds. The van der Waals surface area contributed by atoms with E-state index in [-0.39, 0.29) is 18.0 Å². The third kappa shape index (κ3) is 4.78. The van der Waals surface area contributed by atoms with Gasteiger partial charge < -0.3 is 17.3 Å². The van der Waals surface area contributed by atoms with Gasteiger partial charge in [0.2, 0.25) is 5.69 Å². The van der Waals surface area contributed by atoms with Crippen molar-refractivity contribution >= 4 is 39.9 Å². The lowest BCUT2D eigenvalue weighted by atomic mass is 10.2. The number of para-hydroxylation sites is 1. The zero-order chi connectivity index (χ0) is 23.8. The molecule has 2 aromatic heterocycles. The highest BCUT2D eigenvalue weighted by Crippen LogP contribution is 2.44. The van der Waals surface area contributed by atoms with Gasteiger partial charge in [0.15, 0.2) is 24.4 Å². The van der Waals surface area contributed by atoms with Crippen molar-refractivity contribution < 1.29 is 25.8 Å². The largest absolute Gasteiger partial charge is 1.00 e. The molecule has 0 unspecified atom stereocenters. The second kappa shape index (κ2) is 10.4. The first-order chi connectivity index (χ1) is 16.5. The van der Waals surface area contributed by atoms with Crippen LogP contribution in [-0.2, 0) is 13.1 Å². The quantitative estimate of drug-likeness (QED) is 0.364. The van der Waals surface area contributed by atoms with Crippen LogP contribution in [0, 0.1) is 11.6 Å². The van der Waals surface area contributed by atoms with Gasteiger partial charge in [0.1, 0.15) is 14.2 Å². The number of nitrogens with zero attached hydrogens (tertiary/aromatic N) is 3. The molecule has 0 N–H and O–H groups in total. The van der Waals surface area contributed by atoms with Crippen molar-refractivity contribution in [3.05, 3.63) is 109 Å². The van der Waals surface area contributed by atoms with Gasteiger partial charge in [-0.15, -0.1) is 11.3 Å². The van der Waals surface area contributed by atoms with Crippen molar-refractivity contribution in [2.75, 3.05) is 11.9 Å². The van der Waals surface area contributed by atoms with Crippen LogP contribution in [0.2, 0.25) is 0 Å². The molecule has 180 valence electrons. The lowest BCUT2D eigenvalue weighted by molar-refractivity contribution is -0.690. The summed E-state index contributed by atoms with van der Waals surface area (Å²) in [5.74, 6) is -1.72. The summed E-state index contributed by atoms with van der Waals surface area (Å²) in [7, 11) is 1.99. The van der Waals surface area contributed by atoms with Gasteiger partial charge in [0.05, 0.1) is 5.69 Å². The molecule has 0 aliphatic carbocycles. The number of pyridine rings is 1. The van der Waals surface area contributed by atoms with Crippen LogP contribution in [0.15, 0.2) is 76.6 Å². The Morgan fingerprint density at radius 2 is 1.80 bits per heavy atom. The number of hydrogen-bond acceptors (Lipinski definition) is 4. The fraction of sp³-hybridized carbons (Fsp3) is 0.154. The molecule has 35 heavy (non-hydrogen) atoms. The summed E-state index contributed by atoms with van der Waals surface area (Å²) in [6.07, 6.45) is 3.87. The summed E-state index contributed by atoms with van der Waals surface area (Å²) in [5.41, 5.74) is 2.60. The van der Waals surface area contributed by atoms with Gasteiger partial charge in [0, 0.05) is 42.3 Å². The number of rotatable bonds is 4. The lowest BCUT2D eigenvalue weighted by Gasteiger charge is -2.11. The Labute approximate surface area is 215 Å². The molecule has 0 bridgehead atoms. The standard InChI is InChI=1S/C26H22F2N3OS2.ClH/c1-3-31-23(34-24(25(31)32)26-29(2)21-9-4-5-10-22(21)33-26)15-18-8-6-7-13-30(18)16-17-11-12-19(27)20(28)14-17;/h4-15H,3,16H2,1-2H3;1H/q+1;/p-1/b26-24+;. The van der Waals surface area contributed by atoms with Crippen LogP contribution in [0.25, 0.3) is 11.1 Å². The summed E-state index contributed by atoms with van der Waals surface area (Å²) < 4.78 is 32.3. The van der Waals surface area contributed by atoms with Gasteiger partial charge in [-0.2, -0.15) is 4.57 Å². The summed E-state index contributed by atoms with van der Waals surface area (Å²) in [6, 6.07) is 17.8. The predicted molar refractivity (Wildman–Crippen MR) is 133 cm³/mol. The van der Waals surface area contributed by atoms with Crippen molar-refractivity contribution in [1.29, 1.82) is 0 Å². The maximum atomic E-state index is 13.7. The molecule has 4 nitrogen and oxygen atoms in total. The molecule has 0 radical (unpaired) electrons. The average molecular weight is 530 g/mol. The third-order valence-corrected chi connectivity index (χ3v) is 8.23. The van der Waals surface area contributed by atoms with Crippen molar-refractivity contribution in [2.24, 2.45) is 0 Å². The van der Waals surface area contributed by atoms with E-state index in [2.05, 4.69) is 17.0 Å². The van der Waals surface area contributed by atoms with E-state index in [1.54, 1.807) is 22.4 Å². The summed E-state index contributed by atoms with van der Waals surface area (Å²) in [6.45, 7) is 2.88. The van der Waals surface area contributed by atoms with Gasteiger partial charge in [-0.3, -0.25) is 9.36 Å². The smallest absolute Gasteiger partial charge is 0.271 e. The zero-order valence-electron chi connectivity index (χ0n) is 19.0. The third-order valence-electron chi connectivity index (χ3n) is 5.74. The number of benzene rings is 2. The molecular weight excluding hydrogens is 508 g/mol. The van der Waals surface area contributed by atoms with Crippen LogP contribution in [-0.4, -0.2) is 11.6 Å². The molecule has 0 spiro atoms. The minimum Gasteiger partial charge on any atom is -1.00 e. The minimum absolute atomic E-state index is 0. The highest BCUT2D eigenvalue weighted by atomic mass is 35.5. The Bertz CT molecular complexity index is 1580. The Morgan fingerprint density at radius 1 is 1.03 bits per heavy atom. The van der Waals surface area contributed by atoms with Gasteiger partial charge in [0.25, 0.3) is 5.56 Å². The summed E-state index contributed by atoms with van der Waals surface area (Å²) in [4.78, 5) is 16.6. The van der Waals surface area contributed by atoms with E-state index in [4.69, 9.17) is 0 Å². The monoisotopic (exact) mass is 529 g/mol. The van der Waals surface area contributed by atoms with Crippen molar-refractivity contribution in [1.82, 2.24) is 4.57 Å². The van der Waals surface area contributed by atoms with E-state index in [1.165, 1.54) is 17.4 Å². The van der Waals surface area contributed by atoms with Gasteiger partial charge in [-0.25, -0.2) is 8.78 Å². The Morgan fingerprint density at radius 3 is 2.54 bits per heavy atom. The molecule has 0 fully saturated rings. The van der Waals surface area contributed by atoms with E-state index in [0.29, 0.717) is 23.2 Å². The van der Waals surface area contributed by atoms with E-state index in [1.807, 2.05) is 61.1 Å².